The van der Waals surface area contributed by atoms with Crippen molar-refractivity contribution in [3.8, 4) is 0 Å². The standard InChI is InChI=1S/C9H8BrFO/c1-5-3-9(11)7(6(2)12)4-8(5)10/h3-4H,1-2H3. The maximum atomic E-state index is 13.0. The summed E-state index contributed by atoms with van der Waals surface area (Å²) in [6.07, 6.45) is 0. The largest absolute Gasteiger partial charge is 0.294 e. The van der Waals surface area contributed by atoms with Crippen LogP contribution in [-0.2, 0) is 0 Å². The molecule has 1 aromatic carbocycles. The first-order chi connectivity index (χ1) is 5.52. The molecule has 0 aliphatic carbocycles. The van der Waals surface area contributed by atoms with Crippen LogP contribution in [0, 0.1) is 12.7 Å². The van der Waals surface area contributed by atoms with Crippen molar-refractivity contribution >= 4 is 21.7 Å². The van der Waals surface area contributed by atoms with Gasteiger partial charge in [0.2, 0.25) is 0 Å². The Labute approximate surface area is 78.7 Å². The molecule has 1 nitrogen and oxygen atoms in total. The zero-order valence-corrected chi connectivity index (χ0v) is 8.40. The number of hydrogen-bond donors (Lipinski definition) is 0. The summed E-state index contributed by atoms with van der Waals surface area (Å²) >= 11 is 3.23. The molecule has 0 amide bonds. The van der Waals surface area contributed by atoms with E-state index in [1.807, 2.05) is 0 Å². The van der Waals surface area contributed by atoms with E-state index in [0.29, 0.717) is 0 Å². The smallest absolute Gasteiger partial charge is 0.162 e. The average molecular weight is 231 g/mol. The van der Waals surface area contributed by atoms with Gasteiger partial charge in [0.05, 0.1) is 5.56 Å². The number of halogens is 2. The molecular weight excluding hydrogens is 223 g/mol. The van der Waals surface area contributed by atoms with Gasteiger partial charge in [-0.15, -0.1) is 0 Å². The maximum Gasteiger partial charge on any atom is 0.162 e. The van der Waals surface area contributed by atoms with Crippen LogP contribution < -0.4 is 0 Å². The summed E-state index contributed by atoms with van der Waals surface area (Å²) in [6.45, 7) is 3.12. The van der Waals surface area contributed by atoms with E-state index in [1.165, 1.54) is 19.1 Å². The van der Waals surface area contributed by atoms with Gasteiger partial charge < -0.3 is 0 Å². The van der Waals surface area contributed by atoms with Gasteiger partial charge in [0, 0.05) is 4.47 Å². The summed E-state index contributed by atoms with van der Waals surface area (Å²) in [4.78, 5) is 10.9. The van der Waals surface area contributed by atoms with Crippen molar-refractivity contribution in [2.24, 2.45) is 0 Å². The zero-order chi connectivity index (χ0) is 9.30. The minimum Gasteiger partial charge on any atom is -0.294 e. The Kier molecular flexibility index (Phi) is 2.62. The number of rotatable bonds is 1. The Morgan fingerprint density at radius 1 is 1.50 bits per heavy atom. The minimum atomic E-state index is -0.455. The second-order valence-electron chi connectivity index (χ2n) is 2.64. The van der Waals surface area contributed by atoms with Crippen LogP contribution in [0.15, 0.2) is 16.6 Å². The van der Waals surface area contributed by atoms with E-state index in [0.717, 1.165) is 10.0 Å². The molecule has 0 unspecified atom stereocenters. The van der Waals surface area contributed by atoms with E-state index in [-0.39, 0.29) is 11.3 Å². The third kappa shape index (κ3) is 1.72. The average Bonchev–Trinajstić information content (AvgIpc) is 1.96. The van der Waals surface area contributed by atoms with E-state index < -0.39 is 5.82 Å². The van der Waals surface area contributed by atoms with Gasteiger partial charge in [-0.05, 0) is 31.5 Å². The van der Waals surface area contributed by atoms with Crippen LogP contribution in [0.3, 0.4) is 0 Å². The third-order valence-electron chi connectivity index (χ3n) is 1.63. The van der Waals surface area contributed by atoms with Crippen LogP contribution in [-0.4, -0.2) is 5.78 Å². The van der Waals surface area contributed by atoms with Crippen LogP contribution in [0.4, 0.5) is 4.39 Å². The molecule has 0 bridgehead atoms. The molecule has 0 saturated carbocycles. The van der Waals surface area contributed by atoms with Crippen LogP contribution in [0.1, 0.15) is 22.8 Å². The summed E-state index contributed by atoms with van der Waals surface area (Å²) < 4.78 is 13.8. The molecule has 0 aliphatic rings. The second kappa shape index (κ2) is 3.35. The lowest BCUT2D eigenvalue weighted by Crippen LogP contribution is -1.97. The molecule has 0 heterocycles. The Morgan fingerprint density at radius 2 is 2.08 bits per heavy atom. The number of aryl methyl sites for hydroxylation is 1. The molecule has 0 spiro atoms. The fourth-order valence-electron chi connectivity index (χ4n) is 0.916. The summed E-state index contributed by atoms with van der Waals surface area (Å²) in [5, 5.41) is 0. The van der Waals surface area contributed by atoms with Gasteiger partial charge in [0.25, 0.3) is 0 Å². The van der Waals surface area contributed by atoms with Gasteiger partial charge in [0.15, 0.2) is 5.78 Å². The van der Waals surface area contributed by atoms with Gasteiger partial charge in [-0.1, -0.05) is 15.9 Å². The Balaban J connectivity index is 3.33. The van der Waals surface area contributed by atoms with Crippen molar-refractivity contribution in [2.75, 3.05) is 0 Å². The summed E-state index contributed by atoms with van der Waals surface area (Å²) in [7, 11) is 0. The van der Waals surface area contributed by atoms with Crippen molar-refractivity contribution in [1.82, 2.24) is 0 Å². The molecule has 3 heteroatoms. The van der Waals surface area contributed by atoms with Gasteiger partial charge in [0.1, 0.15) is 5.82 Å². The predicted octanol–water partition coefficient (Wildman–Crippen LogP) is 3.10. The molecule has 0 aliphatic heterocycles. The number of Topliss-reactive ketones (excluding diaryl/α,β-unsaturated/α-hetero) is 1. The molecule has 12 heavy (non-hydrogen) atoms. The molecule has 64 valence electrons. The minimum absolute atomic E-state index is 0.132. The number of carbonyl (C=O) groups excluding carboxylic acids is 1. The molecule has 0 fully saturated rings. The molecule has 1 rings (SSSR count). The number of carbonyl (C=O) groups is 1. The fourth-order valence-corrected chi connectivity index (χ4v) is 1.26. The van der Waals surface area contributed by atoms with Gasteiger partial charge in [-0.25, -0.2) is 4.39 Å². The predicted molar refractivity (Wildman–Crippen MR) is 48.8 cm³/mol. The first kappa shape index (κ1) is 9.39. The first-order valence-corrected chi connectivity index (χ1v) is 4.28. The highest BCUT2D eigenvalue weighted by Gasteiger charge is 2.08. The highest BCUT2D eigenvalue weighted by molar-refractivity contribution is 9.10. The lowest BCUT2D eigenvalue weighted by atomic mass is 10.1. The summed E-state index contributed by atoms with van der Waals surface area (Å²) in [5.41, 5.74) is 0.921. The summed E-state index contributed by atoms with van der Waals surface area (Å²) in [5.74, 6) is -0.712. The molecule has 0 N–H and O–H groups in total. The van der Waals surface area contributed by atoms with Gasteiger partial charge >= 0.3 is 0 Å². The van der Waals surface area contributed by atoms with Gasteiger partial charge in [-0.2, -0.15) is 0 Å². The molecular formula is C9H8BrFO. The SMILES string of the molecule is CC(=O)c1cc(Br)c(C)cc1F. The van der Waals surface area contributed by atoms with Crippen LogP contribution >= 0.6 is 15.9 Å². The first-order valence-electron chi connectivity index (χ1n) is 3.49. The van der Waals surface area contributed by atoms with Gasteiger partial charge in [-0.3, -0.25) is 4.79 Å². The number of ketones is 1. The van der Waals surface area contributed by atoms with E-state index in [2.05, 4.69) is 15.9 Å². The van der Waals surface area contributed by atoms with E-state index in [1.54, 1.807) is 6.92 Å². The van der Waals surface area contributed by atoms with Crippen molar-refractivity contribution in [2.45, 2.75) is 13.8 Å². The second-order valence-corrected chi connectivity index (χ2v) is 3.49. The molecule has 0 radical (unpaired) electrons. The Bertz CT molecular complexity index is 334. The van der Waals surface area contributed by atoms with E-state index in [9.17, 15) is 9.18 Å². The lowest BCUT2D eigenvalue weighted by Gasteiger charge is -2.02. The topological polar surface area (TPSA) is 17.1 Å². The Hall–Kier alpha value is -0.700. The number of hydrogen-bond acceptors (Lipinski definition) is 1. The summed E-state index contributed by atoms with van der Waals surface area (Å²) in [6, 6.07) is 2.85. The van der Waals surface area contributed by atoms with Crippen LogP contribution in [0.2, 0.25) is 0 Å². The van der Waals surface area contributed by atoms with Crippen molar-refractivity contribution in [3.05, 3.63) is 33.5 Å². The monoisotopic (exact) mass is 230 g/mol. The molecule has 0 atom stereocenters. The van der Waals surface area contributed by atoms with Crippen LogP contribution in [0.25, 0.3) is 0 Å². The Morgan fingerprint density at radius 3 is 2.58 bits per heavy atom. The maximum absolute atomic E-state index is 13.0. The molecule has 0 aromatic heterocycles. The van der Waals surface area contributed by atoms with E-state index in [4.69, 9.17) is 0 Å². The van der Waals surface area contributed by atoms with Crippen molar-refractivity contribution in [1.29, 1.82) is 0 Å². The van der Waals surface area contributed by atoms with E-state index >= 15 is 0 Å². The fraction of sp³-hybridized carbons (Fsp3) is 0.222. The highest BCUT2D eigenvalue weighted by Crippen LogP contribution is 2.20. The lowest BCUT2D eigenvalue weighted by molar-refractivity contribution is 0.101. The third-order valence-corrected chi connectivity index (χ3v) is 2.48. The van der Waals surface area contributed by atoms with Crippen molar-refractivity contribution in [3.63, 3.8) is 0 Å². The quantitative estimate of drug-likeness (QED) is 0.678. The van der Waals surface area contributed by atoms with Crippen LogP contribution in [0.5, 0.6) is 0 Å². The number of benzene rings is 1. The zero-order valence-electron chi connectivity index (χ0n) is 6.82. The normalized spacial score (nSPS) is 10.0. The van der Waals surface area contributed by atoms with Crippen molar-refractivity contribution < 1.29 is 9.18 Å². The molecule has 1 aromatic rings. The highest BCUT2D eigenvalue weighted by atomic mass is 79.9. The molecule has 0 saturated heterocycles.